The molecule has 0 unspecified atom stereocenters. The van der Waals surface area contributed by atoms with Crippen molar-refractivity contribution >= 4 is 52.1 Å². The lowest BCUT2D eigenvalue weighted by Crippen LogP contribution is -2.17. The lowest BCUT2D eigenvalue weighted by molar-refractivity contribution is 0.0731. The Morgan fingerprint density at radius 3 is 2.47 bits per heavy atom. The summed E-state index contributed by atoms with van der Waals surface area (Å²) in [7, 11) is 1.47. The molecule has 6 nitrogen and oxygen atoms in total. The number of hydrogen-bond acceptors (Lipinski definition) is 5. The van der Waals surface area contributed by atoms with Gasteiger partial charge < -0.3 is 9.47 Å². The van der Waals surface area contributed by atoms with E-state index < -0.39 is 11.9 Å². The molecular weight excluding hydrogens is 475 g/mol. The van der Waals surface area contributed by atoms with Gasteiger partial charge in [0.2, 0.25) is 0 Å². The Hall–Kier alpha value is -3.87. The molecule has 0 aromatic heterocycles. The van der Waals surface area contributed by atoms with Gasteiger partial charge in [-0.15, -0.1) is 0 Å². The smallest absolute Gasteiger partial charge is 0.344 e. The zero-order chi connectivity index (χ0) is 24.1. The minimum Gasteiger partial charge on any atom is -0.493 e. The highest BCUT2D eigenvalue weighted by Gasteiger charge is 2.15. The predicted octanol–water partition coefficient (Wildman–Crippen LogP) is 6.14. The first-order valence-corrected chi connectivity index (χ1v) is 10.9. The van der Waals surface area contributed by atoms with Crippen LogP contribution in [0.2, 0.25) is 10.0 Å². The normalized spacial score (nSPS) is 10.9. The van der Waals surface area contributed by atoms with Crippen molar-refractivity contribution in [1.82, 2.24) is 5.43 Å². The summed E-state index contributed by atoms with van der Waals surface area (Å²) in [4.78, 5) is 25.1. The first kappa shape index (κ1) is 23.3. The summed E-state index contributed by atoms with van der Waals surface area (Å²) in [5, 5.41) is 6.33. The molecule has 0 bridgehead atoms. The maximum absolute atomic E-state index is 12.8. The number of methoxy groups -OCH3 is 1. The first-order chi connectivity index (χ1) is 16.5. The highest BCUT2D eigenvalue weighted by Crippen LogP contribution is 2.29. The van der Waals surface area contributed by atoms with Crippen molar-refractivity contribution < 1.29 is 19.1 Å². The van der Waals surface area contributed by atoms with Gasteiger partial charge in [0, 0.05) is 5.56 Å². The molecule has 34 heavy (non-hydrogen) atoms. The Balaban J connectivity index is 1.47. The van der Waals surface area contributed by atoms with Crippen LogP contribution in [0.15, 0.2) is 84.0 Å². The topological polar surface area (TPSA) is 77.0 Å². The number of nitrogens with zero attached hydrogens (tertiary/aromatic N) is 1. The number of hydrogen-bond donors (Lipinski definition) is 1. The molecule has 0 spiro atoms. The fraction of sp³-hybridized carbons (Fsp3) is 0.0385. The van der Waals surface area contributed by atoms with Gasteiger partial charge in [-0.25, -0.2) is 10.2 Å². The molecule has 1 N–H and O–H groups in total. The van der Waals surface area contributed by atoms with E-state index in [0.717, 1.165) is 10.8 Å². The molecule has 4 aromatic carbocycles. The summed E-state index contributed by atoms with van der Waals surface area (Å²) in [5.41, 5.74) is 3.81. The quantitative estimate of drug-likeness (QED) is 0.152. The zero-order valence-electron chi connectivity index (χ0n) is 17.9. The Morgan fingerprint density at radius 1 is 0.882 bits per heavy atom. The van der Waals surface area contributed by atoms with E-state index in [1.165, 1.54) is 25.5 Å². The van der Waals surface area contributed by atoms with Crippen molar-refractivity contribution in [2.75, 3.05) is 7.11 Å². The minimum absolute atomic E-state index is 0.262. The van der Waals surface area contributed by atoms with Crippen molar-refractivity contribution in [3.8, 4) is 11.5 Å². The monoisotopic (exact) mass is 492 g/mol. The van der Waals surface area contributed by atoms with Crippen LogP contribution in [0.3, 0.4) is 0 Å². The largest absolute Gasteiger partial charge is 0.493 e. The number of ether oxygens (including phenoxy) is 2. The Kier molecular flexibility index (Phi) is 7.11. The van der Waals surface area contributed by atoms with Crippen molar-refractivity contribution in [3.05, 3.63) is 106 Å². The number of nitrogens with one attached hydrogen (secondary N) is 1. The predicted molar refractivity (Wildman–Crippen MR) is 133 cm³/mol. The molecule has 0 heterocycles. The van der Waals surface area contributed by atoms with Crippen molar-refractivity contribution in [2.24, 2.45) is 5.10 Å². The summed E-state index contributed by atoms with van der Waals surface area (Å²) in [6.45, 7) is 0. The molecule has 1 amide bonds. The van der Waals surface area contributed by atoms with Crippen LogP contribution >= 0.6 is 23.2 Å². The Labute approximate surface area is 205 Å². The first-order valence-electron chi connectivity index (χ1n) is 10.1. The molecule has 0 saturated carbocycles. The summed E-state index contributed by atoms with van der Waals surface area (Å²) in [6, 6.07) is 22.5. The van der Waals surface area contributed by atoms with Crippen molar-refractivity contribution in [3.63, 3.8) is 0 Å². The lowest BCUT2D eigenvalue weighted by atomic mass is 10.0. The average molecular weight is 493 g/mol. The molecule has 0 atom stereocenters. The SMILES string of the molecule is COc1cc(/C=N\NC(=O)c2ccc(Cl)c(Cl)c2)ccc1OC(=O)c1cccc2ccccc12. The molecule has 8 heteroatoms. The van der Waals surface area contributed by atoms with Crippen LogP contribution in [0.5, 0.6) is 11.5 Å². The lowest BCUT2D eigenvalue weighted by Gasteiger charge is -2.11. The Bertz CT molecular complexity index is 1410. The van der Waals surface area contributed by atoms with Crippen LogP contribution in [0.4, 0.5) is 0 Å². The van der Waals surface area contributed by atoms with E-state index in [1.54, 1.807) is 30.3 Å². The van der Waals surface area contributed by atoms with Gasteiger partial charge in [-0.2, -0.15) is 5.10 Å². The molecule has 4 rings (SSSR count). The fourth-order valence-corrected chi connectivity index (χ4v) is 3.57. The number of carbonyl (C=O) groups is 2. The van der Waals surface area contributed by atoms with Crippen LogP contribution in [-0.4, -0.2) is 25.2 Å². The number of amides is 1. The van der Waals surface area contributed by atoms with Crippen molar-refractivity contribution in [2.45, 2.75) is 0 Å². The van der Waals surface area contributed by atoms with E-state index in [-0.39, 0.29) is 10.8 Å². The second kappa shape index (κ2) is 10.4. The van der Waals surface area contributed by atoms with Gasteiger partial charge in [-0.3, -0.25) is 4.79 Å². The number of fused-ring (bicyclic) bond motifs is 1. The second-order valence-electron chi connectivity index (χ2n) is 7.15. The van der Waals surface area contributed by atoms with Gasteiger partial charge in [0.1, 0.15) is 0 Å². The van der Waals surface area contributed by atoms with Gasteiger partial charge in [-0.05, 0) is 58.8 Å². The van der Waals surface area contributed by atoms with Crippen LogP contribution < -0.4 is 14.9 Å². The number of esters is 1. The van der Waals surface area contributed by atoms with E-state index in [4.69, 9.17) is 32.7 Å². The number of carbonyl (C=O) groups excluding carboxylic acids is 2. The van der Waals surface area contributed by atoms with Crippen LogP contribution in [-0.2, 0) is 0 Å². The summed E-state index contributed by atoms with van der Waals surface area (Å²) in [6.07, 6.45) is 1.44. The standard InChI is InChI=1S/C26H18Cl2N2O4/c1-33-24-13-16(15-29-30-25(31)18-10-11-21(27)22(28)14-18)9-12-23(24)34-26(32)20-8-4-6-17-5-2-3-7-19(17)20/h2-15H,1H3,(H,30,31)/b29-15-. The Morgan fingerprint density at radius 2 is 1.68 bits per heavy atom. The summed E-state index contributed by atoms with van der Waals surface area (Å²) >= 11 is 11.8. The van der Waals surface area contributed by atoms with E-state index in [1.807, 2.05) is 36.4 Å². The molecule has 0 saturated heterocycles. The second-order valence-corrected chi connectivity index (χ2v) is 7.97. The van der Waals surface area contributed by atoms with E-state index in [2.05, 4.69) is 10.5 Å². The van der Waals surface area contributed by atoms with Gasteiger partial charge in [0.05, 0.1) is 28.9 Å². The van der Waals surface area contributed by atoms with E-state index in [9.17, 15) is 9.59 Å². The number of hydrazone groups is 1. The third-order valence-corrected chi connectivity index (χ3v) is 5.70. The molecule has 0 radical (unpaired) electrons. The molecule has 4 aromatic rings. The third-order valence-electron chi connectivity index (χ3n) is 4.96. The third kappa shape index (κ3) is 5.20. The van der Waals surface area contributed by atoms with Crippen LogP contribution in [0.25, 0.3) is 10.8 Å². The molecule has 170 valence electrons. The highest BCUT2D eigenvalue weighted by molar-refractivity contribution is 6.42. The van der Waals surface area contributed by atoms with Gasteiger partial charge >= 0.3 is 5.97 Å². The molecular formula is C26H18Cl2N2O4. The zero-order valence-corrected chi connectivity index (χ0v) is 19.4. The number of halogens is 2. The fourth-order valence-electron chi connectivity index (χ4n) is 3.27. The van der Waals surface area contributed by atoms with Gasteiger partial charge in [0.25, 0.3) is 5.91 Å². The van der Waals surface area contributed by atoms with Crippen LogP contribution in [0.1, 0.15) is 26.3 Å². The number of rotatable bonds is 6. The van der Waals surface area contributed by atoms with Gasteiger partial charge in [0.15, 0.2) is 11.5 Å². The highest BCUT2D eigenvalue weighted by atomic mass is 35.5. The average Bonchev–Trinajstić information content (AvgIpc) is 2.86. The molecule has 0 fully saturated rings. The van der Waals surface area contributed by atoms with E-state index >= 15 is 0 Å². The maximum Gasteiger partial charge on any atom is 0.344 e. The summed E-state index contributed by atoms with van der Waals surface area (Å²) < 4.78 is 11.0. The van der Waals surface area contributed by atoms with E-state index in [0.29, 0.717) is 27.5 Å². The van der Waals surface area contributed by atoms with Crippen molar-refractivity contribution in [1.29, 1.82) is 0 Å². The van der Waals surface area contributed by atoms with Gasteiger partial charge in [-0.1, -0.05) is 59.6 Å². The number of benzene rings is 4. The molecule has 0 aliphatic heterocycles. The maximum atomic E-state index is 12.8. The van der Waals surface area contributed by atoms with Crippen LogP contribution in [0, 0.1) is 0 Å². The summed E-state index contributed by atoms with van der Waals surface area (Å²) in [5.74, 6) is -0.335. The minimum atomic E-state index is -0.495. The molecule has 0 aliphatic rings. The molecule has 0 aliphatic carbocycles.